The number of aromatic nitrogens is 3. The number of hydrogen-bond acceptors (Lipinski definition) is 6. The number of carbonyl (C=O) groups excluding carboxylic acids is 1. The second-order valence-electron chi connectivity index (χ2n) is 6.24. The Hall–Kier alpha value is -3.10. The molecule has 6 nitrogen and oxygen atoms in total. The molecule has 29 heavy (non-hydrogen) atoms. The van der Waals surface area contributed by atoms with Gasteiger partial charge in [-0.3, -0.25) is 4.79 Å². The molecule has 0 saturated carbocycles. The molecule has 2 aromatic heterocycles. The summed E-state index contributed by atoms with van der Waals surface area (Å²) in [6.45, 7) is 0.500. The Labute approximate surface area is 177 Å². The fraction of sp³-hybridized carbons (Fsp3) is 0.0952. The zero-order valence-electron chi connectivity index (χ0n) is 15.5. The zero-order chi connectivity index (χ0) is 20.1. The van der Waals surface area contributed by atoms with E-state index in [1.165, 1.54) is 16.4 Å². The van der Waals surface area contributed by atoms with E-state index in [2.05, 4.69) is 10.2 Å². The number of thiophene rings is 1. The van der Waals surface area contributed by atoms with Gasteiger partial charge in [-0.1, -0.05) is 66.4 Å². The molecular weight excluding hydrogens is 402 g/mol. The third-order valence-electron chi connectivity index (χ3n) is 4.28. The van der Waals surface area contributed by atoms with Crippen LogP contribution >= 0.6 is 23.1 Å². The summed E-state index contributed by atoms with van der Waals surface area (Å²) in [7, 11) is 0. The number of benzene rings is 2. The van der Waals surface area contributed by atoms with Crippen molar-refractivity contribution in [1.82, 2.24) is 14.9 Å². The molecular formula is C21H19N5OS2. The van der Waals surface area contributed by atoms with E-state index in [0.717, 1.165) is 16.1 Å². The number of para-hydroxylation sites is 1. The molecule has 0 spiro atoms. The Balaban J connectivity index is 1.50. The lowest BCUT2D eigenvalue weighted by molar-refractivity contribution is -0.116. The Bertz CT molecular complexity index is 1070. The van der Waals surface area contributed by atoms with Crippen LogP contribution in [0.2, 0.25) is 0 Å². The number of thioether (sulfide) groups is 1. The summed E-state index contributed by atoms with van der Waals surface area (Å²) in [6.07, 6.45) is 0. The Morgan fingerprint density at radius 1 is 1.00 bits per heavy atom. The number of anilines is 1. The smallest absolute Gasteiger partial charge is 0.237 e. The first-order valence-electron chi connectivity index (χ1n) is 8.99. The Morgan fingerprint density at radius 2 is 1.72 bits per heavy atom. The molecule has 0 saturated heterocycles. The van der Waals surface area contributed by atoms with Gasteiger partial charge in [-0.05, 0) is 29.1 Å². The van der Waals surface area contributed by atoms with E-state index < -0.39 is 0 Å². The summed E-state index contributed by atoms with van der Waals surface area (Å²) in [5, 5.41) is 10.8. The molecule has 2 N–H and O–H groups in total. The molecule has 0 atom stereocenters. The molecule has 4 aromatic rings. The highest BCUT2D eigenvalue weighted by molar-refractivity contribution is 7.99. The van der Waals surface area contributed by atoms with Gasteiger partial charge < -0.3 is 10.7 Å². The van der Waals surface area contributed by atoms with Crippen molar-refractivity contribution in [2.24, 2.45) is 0 Å². The first-order chi connectivity index (χ1) is 14.2. The monoisotopic (exact) mass is 421 g/mol. The highest BCUT2D eigenvalue weighted by Gasteiger charge is 2.19. The van der Waals surface area contributed by atoms with Crippen LogP contribution in [0.25, 0.3) is 10.7 Å². The van der Waals surface area contributed by atoms with Gasteiger partial charge in [0, 0.05) is 5.69 Å². The summed E-state index contributed by atoms with van der Waals surface area (Å²) >= 11 is 2.83. The van der Waals surface area contributed by atoms with Crippen LogP contribution in [0.5, 0.6) is 0 Å². The van der Waals surface area contributed by atoms with Crippen molar-refractivity contribution in [3.05, 3.63) is 83.7 Å². The summed E-state index contributed by atoms with van der Waals surface area (Å²) in [5.41, 5.74) is 1.92. The second kappa shape index (κ2) is 8.93. The van der Waals surface area contributed by atoms with Crippen LogP contribution < -0.4 is 10.7 Å². The highest BCUT2D eigenvalue weighted by Crippen LogP contribution is 2.26. The molecule has 0 radical (unpaired) electrons. The second-order valence-corrected chi connectivity index (χ2v) is 8.13. The van der Waals surface area contributed by atoms with Crippen LogP contribution in [0.15, 0.2) is 83.3 Å². The van der Waals surface area contributed by atoms with Crippen molar-refractivity contribution in [1.29, 1.82) is 0 Å². The molecule has 0 bridgehead atoms. The Kier molecular flexibility index (Phi) is 5.92. The lowest BCUT2D eigenvalue weighted by Gasteiger charge is -2.23. The van der Waals surface area contributed by atoms with Gasteiger partial charge in [-0.25, -0.2) is 4.68 Å². The predicted molar refractivity (Wildman–Crippen MR) is 118 cm³/mol. The molecule has 1 amide bonds. The molecule has 8 heteroatoms. The molecule has 0 aliphatic carbocycles. The van der Waals surface area contributed by atoms with E-state index in [4.69, 9.17) is 5.84 Å². The van der Waals surface area contributed by atoms with Gasteiger partial charge >= 0.3 is 0 Å². The van der Waals surface area contributed by atoms with Gasteiger partial charge in [-0.15, -0.1) is 21.5 Å². The van der Waals surface area contributed by atoms with Crippen LogP contribution in [-0.2, 0) is 11.3 Å². The van der Waals surface area contributed by atoms with Crippen LogP contribution in [0, 0.1) is 0 Å². The van der Waals surface area contributed by atoms with Gasteiger partial charge in [0.2, 0.25) is 11.1 Å². The van der Waals surface area contributed by atoms with E-state index >= 15 is 0 Å². The lowest BCUT2D eigenvalue weighted by Crippen LogP contribution is -2.32. The number of amides is 1. The average Bonchev–Trinajstić information content (AvgIpc) is 3.41. The fourth-order valence-corrected chi connectivity index (χ4v) is 4.29. The number of nitrogen functional groups attached to an aromatic ring is 1. The minimum atomic E-state index is -0.0225. The highest BCUT2D eigenvalue weighted by atomic mass is 32.2. The molecule has 2 aromatic carbocycles. The van der Waals surface area contributed by atoms with Crippen molar-refractivity contribution in [2.75, 3.05) is 16.5 Å². The van der Waals surface area contributed by atoms with E-state index in [1.807, 2.05) is 78.2 Å². The first-order valence-corrected chi connectivity index (χ1v) is 10.9. The number of rotatable bonds is 7. The molecule has 4 rings (SSSR count). The van der Waals surface area contributed by atoms with Crippen LogP contribution in [0.3, 0.4) is 0 Å². The summed E-state index contributed by atoms with van der Waals surface area (Å²) in [5.74, 6) is 6.93. The predicted octanol–water partition coefficient (Wildman–Crippen LogP) is 4.05. The maximum Gasteiger partial charge on any atom is 0.237 e. The number of carbonyl (C=O) groups is 1. The minimum Gasteiger partial charge on any atom is -0.335 e. The van der Waals surface area contributed by atoms with Crippen molar-refractivity contribution in [3.63, 3.8) is 0 Å². The van der Waals surface area contributed by atoms with Crippen LogP contribution in [0.1, 0.15) is 5.56 Å². The SMILES string of the molecule is Nn1c(SCC(=O)N(Cc2ccccc2)c2ccccc2)nnc1-c1cccs1. The Morgan fingerprint density at radius 3 is 2.41 bits per heavy atom. The normalized spacial score (nSPS) is 10.8. The van der Waals surface area contributed by atoms with Gasteiger partial charge in [0.15, 0.2) is 5.82 Å². The quantitative estimate of drug-likeness (QED) is 0.360. The largest absolute Gasteiger partial charge is 0.335 e. The topological polar surface area (TPSA) is 77.0 Å². The number of nitrogens with zero attached hydrogens (tertiary/aromatic N) is 4. The molecule has 0 fully saturated rings. The van der Waals surface area contributed by atoms with Crippen LogP contribution in [0.4, 0.5) is 5.69 Å². The maximum atomic E-state index is 13.1. The van der Waals surface area contributed by atoms with Gasteiger partial charge in [0.1, 0.15) is 0 Å². The first kappa shape index (κ1) is 19.2. The van der Waals surface area contributed by atoms with Crippen molar-refractivity contribution < 1.29 is 4.79 Å². The summed E-state index contributed by atoms with van der Waals surface area (Å²) in [6, 6.07) is 23.5. The third-order valence-corrected chi connectivity index (χ3v) is 6.08. The molecule has 146 valence electrons. The van der Waals surface area contributed by atoms with Gasteiger partial charge in [-0.2, -0.15) is 0 Å². The molecule has 0 aliphatic heterocycles. The molecule has 0 unspecified atom stereocenters. The van der Waals surface area contributed by atoms with Gasteiger partial charge in [0.05, 0.1) is 17.2 Å². The van der Waals surface area contributed by atoms with E-state index in [0.29, 0.717) is 17.5 Å². The van der Waals surface area contributed by atoms with Crippen LogP contribution in [-0.4, -0.2) is 26.5 Å². The standard InChI is InChI=1S/C21H19N5OS2/c22-26-20(18-12-7-13-28-18)23-24-21(26)29-15-19(27)25(17-10-5-2-6-11-17)14-16-8-3-1-4-9-16/h1-13H,14-15,22H2. The number of hydrogen-bond donors (Lipinski definition) is 1. The van der Waals surface area contributed by atoms with Gasteiger partial charge in [0.25, 0.3) is 0 Å². The fourth-order valence-electron chi connectivity index (χ4n) is 2.85. The van der Waals surface area contributed by atoms with Crippen molar-refractivity contribution in [2.45, 2.75) is 11.7 Å². The molecule has 2 heterocycles. The molecule has 0 aliphatic rings. The third kappa shape index (κ3) is 4.49. The van der Waals surface area contributed by atoms with Crippen molar-refractivity contribution >= 4 is 34.7 Å². The zero-order valence-corrected chi connectivity index (χ0v) is 17.1. The van der Waals surface area contributed by atoms with E-state index in [9.17, 15) is 4.79 Å². The average molecular weight is 422 g/mol. The summed E-state index contributed by atoms with van der Waals surface area (Å²) < 4.78 is 1.44. The summed E-state index contributed by atoms with van der Waals surface area (Å²) in [4.78, 5) is 15.8. The lowest BCUT2D eigenvalue weighted by atomic mass is 10.2. The minimum absolute atomic E-state index is 0.0225. The maximum absolute atomic E-state index is 13.1. The number of nitrogens with two attached hydrogens (primary N) is 1. The van der Waals surface area contributed by atoms with E-state index in [-0.39, 0.29) is 11.7 Å². The van der Waals surface area contributed by atoms with E-state index in [1.54, 1.807) is 16.2 Å². The van der Waals surface area contributed by atoms with Crippen molar-refractivity contribution in [3.8, 4) is 10.7 Å².